The highest BCUT2D eigenvalue weighted by molar-refractivity contribution is 5.93. The Morgan fingerprint density at radius 1 is 1.19 bits per heavy atom. The number of aromatic carboxylic acids is 1. The number of aromatic nitrogens is 2. The third-order valence-corrected chi connectivity index (χ3v) is 4.41. The van der Waals surface area contributed by atoms with Crippen LogP contribution in [0, 0.1) is 11.6 Å². The number of hydrogen-bond acceptors (Lipinski definition) is 3. The van der Waals surface area contributed by atoms with E-state index in [9.17, 15) is 18.4 Å². The lowest BCUT2D eigenvalue weighted by molar-refractivity contribution is 0.0697. The number of allylic oxidation sites excluding steroid dienone is 1. The van der Waals surface area contributed by atoms with Gasteiger partial charge in [-0.1, -0.05) is 6.07 Å². The number of carbonyl (C=O) groups is 1. The van der Waals surface area contributed by atoms with Crippen molar-refractivity contribution < 1.29 is 18.7 Å². The van der Waals surface area contributed by atoms with Gasteiger partial charge in [-0.15, -0.1) is 0 Å². The molecule has 0 saturated heterocycles. The smallest absolute Gasteiger partial charge is 0.335 e. The summed E-state index contributed by atoms with van der Waals surface area (Å²) in [5.74, 6) is -2.23. The maximum absolute atomic E-state index is 13.9. The van der Waals surface area contributed by atoms with E-state index in [1.807, 2.05) is 0 Å². The fourth-order valence-electron chi connectivity index (χ4n) is 3.11. The zero-order chi connectivity index (χ0) is 18.4. The van der Waals surface area contributed by atoms with E-state index in [2.05, 4.69) is 4.98 Å². The molecule has 1 aromatic heterocycles. The molecule has 130 valence electrons. The molecule has 1 N–H and O–H groups in total. The first-order valence-corrected chi connectivity index (χ1v) is 7.88. The molecule has 0 radical (unpaired) electrons. The molecule has 0 atom stereocenters. The van der Waals surface area contributed by atoms with Gasteiger partial charge in [0, 0.05) is 12.1 Å². The van der Waals surface area contributed by atoms with Crippen molar-refractivity contribution in [3.8, 4) is 0 Å². The fourth-order valence-corrected chi connectivity index (χ4v) is 3.11. The highest BCUT2D eigenvalue weighted by Gasteiger charge is 2.22. The van der Waals surface area contributed by atoms with Gasteiger partial charge in [0.15, 0.2) is 0 Å². The van der Waals surface area contributed by atoms with Crippen molar-refractivity contribution in [3.05, 3.63) is 75.3 Å². The highest BCUT2D eigenvalue weighted by Crippen LogP contribution is 2.29. The molecule has 5 nitrogen and oxygen atoms in total. The van der Waals surface area contributed by atoms with Crippen LogP contribution in [0.3, 0.4) is 0 Å². The molecule has 2 heterocycles. The lowest BCUT2D eigenvalue weighted by atomic mass is 10.1. The van der Waals surface area contributed by atoms with Gasteiger partial charge in [-0.25, -0.2) is 18.6 Å². The molecule has 4 rings (SSSR count). The van der Waals surface area contributed by atoms with E-state index in [4.69, 9.17) is 5.11 Å². The molecule has 7 heteroatoms. The van der Waals surface area contributed by atoms with Crippen LogP contribution < -0.4 is 5.56 Å². The van der Waals surface area contributed by atoms with E-state index < -0.39 is 17.6 Å². The van der Waals surface area contributed by atoms with Crippen LogP contribution in [0.15, 0.2) is 41.2 Å². The van der Waals surface area contributed by atoms with Gasteiger partial charge in [0.25, 0.3) is 5.56 Å². The lowest BCUT2D eigenvalue weighted by Crippen LogP contribution is -2.21. The minimum Gasteiger partial charge on any atom is -0.478 e. The third-order valence-electron chi connectivity index (χ3n) is 4.41. The first kappa shape index (κ1) is 16.1. The normalized spacial score (nSPS) is 14.8. The number of benzene rings is 2. The minimum absolute atomic E-state index is 0.0121. The van der Waals surface area contributed by atoms with Crippen LogP contribution in [0.4, 0.5) is 8.78 Å². The number of nitrogens with zero attached hydrogens (tertiary/aromatic N) is 2. The largest absolute Gasteiger partial charge is 0.478 e. The molecule has 1 aliphatic rings. The van der Waals surface area contributed by atoms with Crippen molar-refractivity contribution in [1.82, 2.24) is 9.55 Å². The number of carboxylic acids is 1. The van der Waals surface area contributed by atoms with Gasteiger partial charge in [-0.05, 0) is 48.4 Å². The summed E-state index contributed by atoms with van der Waals surface area (Å²) in [4.78, 5) is 28.2. The number of fused-ring (bicyclic) bond motifs is 2. The van der Waals surface area contributed by atoms with Crippen LogP contribution in [0.25, 0.3) is 22.6 Å². The second-order valence-electron chi connectivity index (χ2n) is 5.98. The number of rotatable bonds is 2. The Balaban J connectivity index is 1.93. The molecular weight excluding hydrogens is 342 g/mol. The summed E-state index contributed by atoms with van der Waals surface area (Å²) in [6.45, 7) is 0.347. The molecule has 26 heavy (non-hydrogen) atoms. The standard InChI is InChI=1S/C19H12F2N2O3/c20-14-2-1-3-15(21)13(14)8-10-6-7-23-17(10)22-16-9-11(19(25)26)4-5-12(16)18(23)24/h1-5,8-9H,6-7H2,(H,25,26)/b10-8+. The Morgan fingerprint density at radius 2 is 1.92 bits per heavy atom. The second-order valence-corrected chi connectivity index (χ2v) is 5.98. The summed E-state index contributed by atoms with van der Waals surface area (Å²) in [5, 5.41) is 9.41. The summed E-state index contributed by atoms with van der Waals surface area (Å²) >= 11 is 0. The summed E-state index contributed by atoms with van der Waals surface area (Å²) in [6.07, 6.45) is 1.75. The van der Waals surface area contributed by atoms with Gasteiger partial charge < -0.3 is 5.11 Å². The maximum Gasteiger partial charge on any atom is 0.335 e. The molecule has 0 aliphatic carbocycles. The summed E-state index contributed by atoms with van der Waals surface area (Å²) in [7, 11) is 0. The van der Waals surface area contributed by atoms with Gasteiger partial charge in [-0.3, -0.25) is 9.36 Å². The number of halogens is 2. The highest BCUT2D eigenvalue weighted by atomic mass is 19.1. The van der Waals surface area contributed by atoms with E-state index in [-0.39, 0.29) is 22.2 Å². The molecule has 0 bridgehead atoms. The molecule has 0 amide bonds. The summed E-state index contributed by atoms with van der Waals surface area (Å²) in [6, 6.07) is 7.69. The van der Waals surface area contributed by atoms with Gasteiger partial charge in [-0.2, -0.15) is 0 Å². The Kier molecular flexibility index (Phi) is 3.64. The van der Waals surface area contributed by atoms with Gasteiger partial charge in [0.2, 0.25) is 0 Å². The maximum atomic E-state index is 13.9. The number of carboxylic acid groups (broad SMARTS) is 1. The van der Waals surface area contributed by atoms with Crippen LogP contribution >= 0.6 is 0 Å². The minimum atomic E-state index is -1.13. The summed E-state index contributed by atoms with van der Waals surface area (Å²) < 4.78 is 29.3. The number of hydrogen-bond donors (Lipinski definition) is 1. The molecule has 0 saturated carbocycles. The second kappa shape index (κ2) is 5.87. The third kappa shape index (κ3) is 2.48. The van der Waals surface area contributed by atoms with Crippen LogP contribution in [-0.4, -0.2) is 20.6 Å². The SMILES string of the molecule is O=C(O)c1ccc2c(=O)n3c(nc2c1)/C(=C/c1c(F)cccc1F)CC3. The molecule has 0 spiro atoms. The lowest BCUT2D eigenvalue weighted by Gasteiger charge is -2.07. The quantitative estimate of drug-likeness (QED) is 0.766. The van der Waals surface area contributed by atoms with Gasteiger partial charge in [0.1, 0.15) is 17.5 Å². The van der Waals surface area contributed by atoms with Gasteiger partial charge in [0.05, 0.1) is 16.5 Å². The van der Waals surface area contributed by atoms with Crippen molar-refractivity contribution >= 4 is 28.5 Å². The van der Waals surface area contributed by atoms with Crippen LogP contribution in [0.5, 0.6) is 0 Å². The van der Waals surface area contributed by atoms with E-state index in [1.54, 1.807) is 0 Å². The predicted octanol–water partition coefficient (Wildman–Crippen LogP) is 3.32. The van der Waals surface area contributed by atoms with Crippen molar-refractivity contribution in [2.24, 2.45) is 0 Å². The topological polar surface area (TPSA) is 72.2 Å². The fraction of sp³-hybridized carbons (Fsp3) is 0.105. The Hall–Kier alpha value is -3.35. The molecule has 0 fully saturated rings. The molecule has 1 aliphatic heterocycles. The van der Waals surface area contributed by atoms with Crippen LogP contribution in [0.1, 0.15) is 28.2 Å². The predicted molar refractivity (Wildman–Crippen MR) is 91.8 cm³/mol. The zero-order valence-electron chi connectivity index (χ0n) is 13.4. The Morgan fingerprint density at radius 3 is 2.62 bits per heavy atom. The average molecular weight is 354 g/mol. The summed E-state index contributed by atoms with van der Waals surface area (Å²) in [5.41, 5.74) is 0.277. The average Bonchev–Trinajstić information content (AvgIpc) is 3.01. The Labute approximate surface area is 145 Å². The van der Waals surface area contributed by atoms with E-state index in [1.165, 1.54) is 34.9 Å². The molecule has 0 unspecified atom stereocenters. The molecule has 3 aromatic rings. The van der Waals surface area contributed by atoms with E-state index >= 15 is 0 Å². The van der Waals surface area contributed by atoms with Crippen molar-refractivity contribution in [3.63, 3.8) is 0 Å². The molecular formula is C19H12F2N2O3. The van der Waals surface area contributed by atoms with Crippen molar-refractivity contribution in [2.45, 2.75) is 13.0 Å². The van der Waals surface area contributed by atoms with Crippen molar-refractivity contribution in [1.29, 1.82) is 0 Å². The van der Waals surface area contributed by atoms with Crippen LogP contribution in [-0.2, 0) is 6.54 Å². The first-order valence-electron chi connectivity index (χ1n) is 7.88. The van der Waals surface area contributed by atoms with E-state index in [0.29, 0.717) is 29.7 Å². The first-order chi connectivity index (χ1) is 12.5. The van der Waals surface area contributed by atoms with Crippen molar-refractivity contribution in [2.75, 3.05) is 0 Å². The Bertz CT molecular complexity index is 1150. The zero-order valence-corrected chi connectivity index (χ0v) is 13.4. The van der Waals surface area contributed by atoms with Gasteiger partial charge >= 0.3 is 5.97 Å². The van der Waals surface area contributed by atoms with E-state index in [0.717, 1.165) is 12.1 Å². The monoisotopic (exact) mass is 354 g/mol. The van der Waals surface area contributed by atoms with Crippen LogP contribution in [0.2, 0.25) is 0 Å². The molecule has 2 aromatic carbocycles.